The minimum Gasteiger partial charge on any atom is -0.326 e. The van der Waals surface area contributed by atoms with Gasteiger partial charge in [0.25, 0.3) is 0 Å². The lowest BCUT2D eigenvalue weighted by molar-refractivity contribution is -0.119. The third-order valence-electron chi connectivity index (χ3n) is 2.54. The SMILES string of the molecule is O=C(Nc1ccc(F)cc1)[C@H]1CCNC1. The Morgan fingerprint density at radius 2 is 2.13 bits per heavy atom. The maximum absolute atomic E-state index is 12.6. The molecule has 3 nitrogen and oxygen atoms in total. The minimum absolute atomic E-state index is 0.00612. The fraction of sp³-hybridized carbons (Fsp3) is 0.364. The first-order valence-corrected chi connectivity index (χ1v) is 5.03. The van der Waals surface area contributed by atoms with Crippen molar-refractivity contribution in [3.8, 4) is 0 Å². The van der Waals surface area contributed by atoms with Crippen LogP contribution in [0.25, 0.3) is 0 Å². The molecule has 0 saturated carbocycles. The van der Waals surface area contributed by atoms with Gasteiger partial charge in [0.15, 0.2) is 0 Å². The van der Waals surface area contributed by atoms with E-state index in [9.17, 15) is 9.18 Å². The van der Waals surface area contributed by atoms with Crippen molar-refractivity contribution in [3.05, 3.63) is 30.1 Å². The van der Waals surface area contributed by atoms with E-state index in [1.807, 2.05) is 0 Å². The van der Waals surface area contributed by atoms with E-state index in [2.05, 4.69) is 10.6 Å². The molecule has 1 aliphatic rings. The lowest BCUT2D eigenvalue weighted by atomic mass is 10.1. The van der Waals surface area contributed by atoms with Crippen molar-refractivity contribution in [2.24, 2.45) is 5.92 Å². The zero-order valence-electron chi connectivity index (χ0n) is 8.29. The minimum atomic E-state index is -0.296. The van der Waals surface area contributed by atoms with Crippen molar-refractivity contribution in [2.75, 3.05) is 18.4 Å². The Kier molecular flexibility index (Phi) is 2.97. The van der Waals surface area contributed by atoms with E-state index in [1.54, 1.807) is 12.1 Å². The molecule has 0 unspecified atom stereocenters. The van der Waals surface area contributed by atoms with Crippen molar-refractivity contribution >= 4 is 11.6 Å². The molecule has 0 radical (unpaired) electrons. The maximum Gasteiger partial charge on any atom is 0.228 e. The summed E-state index contributed by atoms with van der Waals surface area (Å²) in [6.07, 6.45) is 0.868. The predicted octanol–water partition coefficient (Wildman–Crippen LogP) is 1.37. The Labute approximate surface area is 87.7 Å². The summed E-state index contributed by atoms with van der Waals surface area (Å²) in [6.45, 7) is 1.62. The van der Waals surface area contributed by atoms with Gasteiger partial charge >= 0.3 is 0 Å². The molecular weight excluding hydrogens is 195 g/mol. The highest BCUT2D eigenvalue weighted by Crippen LogP contribution is 2.13. The molecule has 1 aliphatic heterocycles. The van der Waals surface area contributed by atoms with Crippen LogP contribution in [-0.2, 0) is 4.79 Å². The highest BCUT2D eigenvalue weighted by Gasteiger charge is 2.22. The van der Waals surface area contributed by atoms with Crippen molar-refractivity contribution in [1.29, 1.82) is 0 Å². The summed E-state index contributed by atoms with van der Waals surface area (Å²) in [4.78, 5) is 11.7. The molecule has 0 aromatic heterocycles. The van der Waals surface area contributed by atoms with Gasteiger partial charge in [0.05, 0.1) is 5.92 Å². The van der Waals surface area contributed by atoms with Crippen molar-refractivity contribution < 1.29 is 9.18 Å². The fourth-order valence-electron chi connectivity index (χ4n) is 1.66. The van der Waals surface area contributed by atoms with Gasteiger partial charge in [-0.05, 0) is 37.2 Å². The Balaban J connectivity index is 1.96. The van der Waals surface area contributed by atoms with E-state index in [0.717, 1.165) is 19.5 Å². The Morgan fingerprint density at radius 1 is 1.40 bits per heavy atom. The third kappa shape index (κ3) is 2.53. The molecule has 1 atom stereocenters. The predicted molar refractivity (Wildman–Crippen MR) is 56.0 cm³/mol. The average Bonchev–Trinajstić information content (AvgIpc) is 2.74. The highest BCUT2D eigenvalue weighted by atomic mass is 19.1. The van der Waals surface area contributed by atoms with E-state index in [4.69, 9.17) is 0 Å². The van der Waals surface area contributed by atoms with Crippen LogP contribution in [-0.4, -0.2) is 19.0 Å². The first-order chi connectivity index (χ1) is 7.25. The summed E-state index contributed by atoms with van der Waals surface area (Å²) in [5.74, 6) is -0.253. The van der Waals surface area contributed by atoms with Crippen molar-refractivity contribution in [2.45, 2.75) is 6.42 Å². The summed E-state index contributed by atoms with van der Waals surface area (Å²) in [5, 5.41) is 5.89. The molecule has 0 aliphatic carbocycles. The van der Waals surface area contributed by atoms with Gasteiger partial charge in [0.2, 0.25) is 5.91 Å². The van der Waals surface area contributed by atoms with Crippen LogP contribution in [0.2, 0.25) is 0 Å². The second-order valence-corrected chi connectivity index (χ2v) is 3.69. The molecule has 80 valence electrons. The smallest absolute Gasteiger partial charge is 0.228 e. The number of hydrogen-bond donors (Lipinski definition) is 2. The number of amides is 1. The molecule has 4 heteroatoms. The van der Waals surface area contributed by atoms with Crippen LogP contribution in [0.5, 0.6) is 0 Å². The normalized spacial score (nSPS) is 20.2. The average molecular weight is 208 g/mol. The Morgan fingerprint density at radius 3 is 2.73 bits per heavy atom. The molecule has 15 heavy (non-hydrogen) atoms. The van der Waals surface area contributed by atoms with E-state index in [0.29, 0.717) is 5.69 Å². The molecule has 1 aromatic rings. The quantitative estimate of drug-likeness (QED) is 0.770. The summed E-state index contributed by atoms with van der Waals surface area (Å²) in [6, 6.07) is 5.80. The first kappa shape index (κ1) is 10.1. The zero-order valence-corrected chi connectivity index (χ0v) is 8.29. The summed E-state index contributed by atoms with van der Waals surface area (Å²) in [5.41, 5.74) is 0.647. The number of halogens is 1. The molecule has 1 amide bonds. The van der Waals surface area contributed by atoms with Crippen LogP contribution in [0, 0.1) is 11.7 Å². The first-order valence-electron chi connectivity index (χ1n) is 5.03. The molecule has 2 rings (SSSR count). The van der Waals surface area contributed by atoms with Gasteiger partial charge in [-0.15, -0.1) is 0 Å². The van der Waals surface area contributed by atoms with E-state index in [-0.39, 0.29) is 17.6 Å². The van der Waals surface area contributed by atoms with Gasteiger partial charge in [0, 0.05) is 12.2 Å². The Hall–Kier alpha value is -1.42. The van der Waals surface area contributed by atoms with Crippen molar-refractivity contribution in [3.63, 3.8) is 0 Å². The molecule has 0 bridgehead atoms. The van der Waals surface area contributed by atoms with Gasteiger partial charge < -0.3 is 10.6 Å². The van der Waals surface area contributed by atoms with Crippen LogP contribution in [0.15, 0.2) is 24.3 Å². The summed E-state index contributed by atoms with van der Waals surface area (Å²) in [7, 11) is 0. The standard InChI is InChI=1S/C11H13FN2O/c12-9-1-3-10(4-2-9)14-11(15)8-5-6-13-7-8/h1-4,8,13H,5-7H2,(H,14,15)/t8-/m0/s1. The van der Waals surface area contributed by atoms with Crippen LogP contribution in [0.1, 0.15) is 6.42 Å². The number of nitrogens with one attached hydrogen (secondary N) is 2. The lowest BCUT2D eigenvalue weighted by Crippen LogP contribution is -2.24. The lowest BCUT2D eigenvalue weighted by Gasteiger charge is -2.09. The maximum atomic E-state index is 12.6. The summed E-state index contributed by atoms with van der Waals surface area (Å²) < 4.78 is 12.6. The van der Waals surface area contributed by atoms with Gasteiger partial charge in [-0.2, -0.15) is 0 Å². The molecule has 1 saturated heterocycles. The van der Waals surface area contributed by atoms with Crippen LogP contribution < -0.4 is 10.6 Å². The molecule has 2 N–H and O–H groups in total. The molecular formula is C11H13FN2O. The highest BCUT2D eigenvalue weighted by molar-refractivity contribution is 5.92. The summed E-state index contributed by atoms with van der Waals surface area (Å²) >= 11 is 0. The molecule has 1 aromatic carbocycles. The number of benzene rings is 1. The van der Waals surface area contributed by atoms with Gasteiger partial charge in [0.1, 0.15) is 5.82 Å². The van der Waals surface area contributed by atoms with Crippen molar-refractivity contribution in [1.82, 2.24) is 5.32 Å². The van der Waals surface area contributed by atoms with Crippen LogP contribution >= 0.6 is 0 Å². The second kappa shape index (κ2) is 4.40. The van der Waals surface area contributed by atoms with Crippen LogP contribution in [0.3, 0.4) is 0 Å². The van der Waals surface area contributed by atoms with E-state index in [1.165, 1.54) is 12.1 Å². The number of rotatable bonds is 2. The van der Waals surface area contributed by atoms with Gasteiger partial charge in [-0.3, -0.25) is 4.79 Å². The second-order valence-electron chi connectivity index (χ2n) is 3.69. The monoisotopic (exact) mass is 208 g/mol. The van der Waals surface area contributed by atoms with Gasteiger partial charge in [-0.25, -0.2) is 4.39 Å². The third-order valence-corrected chi connectivity index (χ3v) is 2.54. The molecule has 1 fully saturated rings. The Bertz CT molecular complexity index is 344. The van der Waals surface area contributed by atoms with E-state index < -0.39 is 0 Å². The number of carbonyl (C=O) groups excluding carboxylic acids is 1. The fourth-order valence-corrected chi connectivity index (χ4v) is 1.66. The number of carbonyl (C=O) groups is 1. The van der Waals surface area contributed by atoms with Crippen LogP contribution in [0.4, 0.5) is 10.1 Å². The van der Waals surface area contributed by atoms with E-state index >= 15 is 0 Å². The number of hydrogen-bond acceptors (Lipinski definition) is 2. The molecule has 0 spiro atoms. The zero-order chi connectivity index (χ0) is 10.7. The molecule has 1 heterocycles. The number of anilines is 1. The van der Waals surface area contributed by atoms with Gasteiger partial charge in [-0.1, -0.05) is 0 Å². The largest absolute Gasteiger partial charge is 0.326 e. The topological polar surface area (TPSA) is 41.1 Å².